The molecule has 0 aliphatic heterocycles. The standard InChI is InChI=1S/C21H23Cl2NO3/c1-21(2,3)24-20(25)11-9-14-8-10-18(19(12-14)26-4)27-13-15-16(22)6-5-7-17(15)23/h5-12H,13H2,1-4H3,(H,24,25)/b11-9+. The monoisotopic (exact) mass is 407 g/mol. The summed E-state index contributed by atoms with van der Waals surface area (Å²) >= 11 is 12.3. The van der Waals surface area contributed by atoms with Crippen molar-refractivity contribution in [1.82, 2.24) is 5.32 Å². The van der Waals surface area contributed by atoms with Crippen molar-refractivity contribution in [3.8, 4) is 11.5 Å². The molecule has 2 aromatic rings. The minimum Gasteiger partial charge on any atom is -0.493 e. The quantitative estimate of drug-likeness (QED) is 0.642. The van der Waals surface area contributed by atoms with Gasteiger partial charge < -0.3 is 14.8 Å². The number of carbonyl (C=O) groups excluding carboxylic acids is 1. The molecule has 0 heterocycles. The smallest absolute Gasteiger partial charge is 0.244 e. The van der Waals surface area contributed by atoms with E-state index in [2.05, 4.69) is 5.32 Å². The van der Waals surface area contributed by atoms with Crippen LogP contribution in [0, 0.1) is 0 Å². The molecule has 2 rings (SSSR count). The average Bonchev–Trinajstić information content (AvgIpc) is 2.58. The first-order chi connectivity index (χ1) is 12.7. The summed E-state index contributed by atoms with van der Waals surface area (Å²) in [6, 6.07) is 10.7. The van der Waals surface area contributed by atoms with Gasteiger partial charge in [-0.05, 0) is 56.7 Å². The molecule has 0 spiro atoms. The second-order valence-electron chi connectivity index (χ2n) is 6.97. The number of carbonyl (C=O) groups is 1. The number of halogens is 2. The lowest BCUT2D eigenvalue weighted by Gasteiger charge is -2.19. The number of methoxy groups -OCH3 is 1. The van der Waals surface area contributed by atoms with Crippen LogP contribution in [-0.4, -0.2) is 18.6 Å². The van der Waals surface area contributed by atoms with Gasteiger partial charge in [0.1, 0.15) is 6.61 Å². The molecular formula is C21H23Cl2NO3. The van der Waals surface area contributed by atoms with Crippen LogP contribution in [0.5, 0.6) is 11.5 Å². The fourth-order valence-corrected chi connectivity index (χ4v) is 2.82. The largest absolute Gasteiger partial charge is 0.493 e. The van der Waals surface area contributed by atoms with Gasteiger partial charge in [-0.15, -0.1) is 0 Å². The van der Waals surface area contributed by atoms with Gasteiger partial charge in [0, 0.05) is 27.2 Å². The summed E-state index contributed by atoms with van der Waals surface area (Å²) in [5.41, 5.74) is 1.25. The fraction of sp³-hybridized carbons (Fsp3) is 0.286. The first-order valence-electron chi connectivity index (χ1n) is 8.43. The molecule has 0 radical (unpaired) electrons. The summed E-state index contributed by atoms with van der Waals surface area (Å²) in [4.78, 5) is 11.9. The molecule has 4 nitrogen and oxygen atoms in total. The molecule has 144 valence electrons. The second kappa shape index (κ2) is 9.16. The van der Waals surface area contributed by atoms with Gasteiger partial charge in [0.25, 0.3) is 0 Å². The maximum absolute atomic E-state index is 11.9. The normalized spacial score (nSPS) is 11.5. The number of nitrogens with one attached hydrogen (secondary N) is 1. The summed E-state index contributed by atoms with van der Waals surface area (Å²) < 4.78 is 11.2. The molecule has 0 fully saturated rings. The van der Waals surface area contributed by atoms with Crippen molar-refractivity contribution in [1.29, 1.82) is 0 Å². The number of hydrogen-bond donors (Lipinski definition) is 1. The van der Waals surface area contributed by atoms with E-state index < -0.39 is 0 Å². The van der Waals surface area contributed by atoms with E-state index in [9.17, 15) is 4.79 Å². The highest BCUT2D eigenvalue weighted by atomic mass is 35.5. The van der Waals surface area contributed by atoms with Crippen LogP contribution < -0.4 is 14.8 Å². The molecule has 0 aliphatic rings. The molecule has 0 atom stereocenters. The molecule has 0 aromatic heterocycles. The van der Waals surface area contributed by atoms with E-state index in [0.717, 1.165) is 5.56 Å². The lowest BCUT2D eigenvalue weighted by molar-refractivity contribution is -0.117. The molecule has 1 amide bonds. The van der Waals surface area contributed by atoms with Gasteiger partial charge in [-0.1, -0.05) is 35.3 Å². The average molecular weight is 408 g/mol. The van der Waals surface area contributed by atoms with Gasteiger partial charge >= 0.3 is 0 Å². The van der Waals surface area contributed by atoms with Crippen LogP contribution in [0.1, 0.15) is 31.9 Å². The maximum atomic E-state index is 11.9. The van der Waals surface area contributed by atoms with Gasteiger partial charge in [0.15, 0.2) is 11.5 Å². The van der Waals surface area contributed by atoms with Crippen molar-refractivity contribution < 1.29 is 14.3 Å². The summed E-state index contributed by atoms with van der Waals surface area (Å²) in [5, 5.41) is 3.97. The van der Waals surface area contributed by atoms with E-state index in [0.29, 0.717) is 27.1 Å². The molecular weight excluding hydrogens is 385 g/mol. The summed E-state index contributed by atoms with van der Waals surface area (Å²) in [6.07, 6.45) is 3.21. The Labute approximate surface area is 170 Å². The van der Waals surface area contributed by atoms with Crippen LogP contribution in [-0.2, 0) is 11.4 Å². The van der Waals surface area contributed by atoms with Gasteiger partial charge in [-0.3, -0.25) is 4.79 Å². The summed E-state index contributed by atoms with van der Waals surface area (Å²) in [5.74, 6) is 0.955. The molecule has 6 heteroatoms. The van der Waals surface area contributed by atoms with E-state index in [-0.39, 0.29) is 18.1 Å². The molecule has 1 N–H and O–H groups in total. The molecule has 2 aromatic carbocycles. The zero-order chi connectivity index (χ0) is 20.0. The Morgan fingerprint density at radius 1 is 1.11 bits per heavy atom. The summed E-state index contributed by atoms with van der Waals surface area (Å²) in [6.45, 7) is 6.01. The highest BCUT2D eigenvalue weighted by Gasteiger charge is 2.12. The van der Waals surface area contributed by atoms with E-state index in [1.807, 2.05) is 26.8 Å². The molecule has 0 unspecified atom stereocenters. The van der Waals surface area contributed by atoms with Crippen molar-refractivity contribution in [2.45, 2.75) is 32.9 Å². The number of ether oxygens (including phenoxy) is 2. The van der Waals surface area contributed by atoms with Crippen LogP contribution in [0.15, 0.2) is 42.5 Å². The van der Waals surface area contributed by atoms with Crippen molar-refractivity contribution in [3.63, 3.8) is 0 Å². The third-order valence-electron chi connectivity index (χ3n) is 3.55. The van der Waals surface area contributed by atoms with Crippen LogP contribution in [0.4, 0.5) is 0 Å². The van der Waals surface area contributed by atoms with Crippen LogP contribution in [0.25, 0.3) is 6.08 Å². The van der Waals surface area contributed by atoms with Crippen molar-refractivity contribution in [2.75, 3.05) is 7.11 Å². The minimum atomic E-state index is -0.281. The zero-order valence-corrected chi connectivity index (χ0v) is 17.3. The SMILES string of the molecule is COc1cc(/C=C/C(=O)NC(C)(C)C)ccc1OCc1c(Cl)cccc1Cl. The highest BCUT2D eigenvalue weighted by molar-refractivity contribution is 6.35. The van der Waals surface area contributed by atoms with Crippen molar-refractivity contribution in [3.05, 3.63) is 63.6 Å². The van der Waals surface area contributed by atoms with E-state index in [1.54, 1.807) is 43.5 Å². The van der Waals surface area contributed by atoms with Gasteiger partial charge in [-0.2, -0.15) is 0 Å². The fourth-order valence-electron chi connectivity index (χ4n) is 2.31. The lowest BCUT2D eigenvalue weighted by atomic mass is 10.1. The van der Waals surface area contributed by atoms with Crippen molar-refractivity contribution >= 4 is 35.2 Å². The van der Waals surface area contributed by atoms with E-state index in [4.69, 9.17) is 32.7 Å². The Morgan fingerprint density at radius 3 is 2.37 bits per heavy atom. The second-order valence-corrected chi connectivity index (χ2v) is 7.79. The first kappa shape index (κ1) is 21.1. The third-order valence-corrected chi connectivity index (χ3v) is 4.25. The number of rotatable bonds is 6. The van der Waals surface area contributed by atoms with E-state index >= 15 is 0 Å². The van der Waals surface area contributed by atoms with Crippen LogP contribution >= 0.6 is 23.2 Å². The summed E-state index contributed by atoms with van der Waals surface area (Å²) in [7, 11) is 1.56. The van der Waals surface area contributed by atoms with E-state index in [1.165, 1.54) is 6.08 Å². The third kappa shape index (κ3) is 6.49. The zero-order valence-electron chi connectivity index (χ0n) is 15.8. The highest BCUT2D eigenvalue weighted by Crippen LogP contribution is 2.31. The topological polar surface area (TPSA) is 47.6 Å². The lowest BCUT2D eigenvalue weighted by Crippen LogP contribution is -2.39. The van der Waals surface area contributed by atoms with Crippen LogP contribution in [0.3, 0.4) is 0 Å². The maximum Gasteiger partial charge on any atom is 0.244 e. The molecule has 0 bridgehead atoms. The first-order valence-corrected chi connectivity index (χ1v) is 9.19. The van der Waals surface area contributed by atoms with Gasteiger partial charge in [0.2, 0.25) is 5.91 Å². The minimum absolute atomic E-state index is 0.157. The Bertz CT molecular complexity index is 822. The predicted molar refractivity (Wildman–Crippen MR) is 111 cm³/mol. The Morgan fingerprint density at radius 2 is 1.78 bits per heavy atom. The Balaban J connectivity index is 2.11. The number of hydrogen-bond acceptors (Lipinski definition) is 3. The van der Waals surface area contributed by atoms with Gasteiger partial charge in [0.05, 0.1) is 7.11 Å². The van der Waals surface area contributed by atoms with Crippen molar-refractivity contribution in [2.24, 2.45) is 0 Å². The number of amides is 1. The van der Waals surface area contributed by atoms with Crippen LogP contribution in [0.2, 0.25) is 10.0 Å². The number of benzene rings is 2. The molecule has 0 saturated heterocycles. The predicted octanol–water partition coefficient (Wildman–Crippen LogP) is 5.51. The molecule has 0 saturated carbocycles. The van der Waals surface area contributed by atoms with Gasteiger partial charge in [-0.25, -0.2) is 0 Å². The molecule has 0 aliphatic carbocycles. The molecule has 27 heavy (non-hydrogen) atoms. The Kier molecular flexibility index (Phi) is 7.17. The Hall–Kier alpha value is -2.17.